The molecule has 3 N–H and O–H groups in total. The molecule has 2 atom stereocenters. The molecule has 3 amide bonds. The van der Waals surface area contributed by atoms with Crippen LogP contribution in [0.4, 0.5) is 4.79 Å². The maximum Gasteiger partial charge on any atom is 0.410 e. The van der Waals surface area contributed by atoms with Gasteiger partial charge in [0.25, 0.3) is 0 Å². The van der Waals surface area contributed by atoms with Crippen molar-refractivity contribution in [1.29, 1.82) is 0 Å². The number of hydrogen-bond acceptors (Lipinski definition) is 6. The minimum atomic E-state index is -1.17. The number of nitrogens with one attached hydrogen (secondary N) is 1. The van der Waals surface area contributed by atoms with Crippen molar-refractivity contribution in [3.05, 3.63) is 12.2 Å². The van der Waals surface area contributed by atoms with Crippen LogP contribution in [0.2, 0.25) is 0 Å². The molecule has 0 saturated carbocycles. The van der Waals surface area contributed by atoms with Crippen molar-refractivity contribution < 1.29 is 34.1 Å². The third-order valence-electron chi connectivity index (χ3n) is 5.90. The molecule has 2 saturated heterocycles. The number of piperidine rings is 2. The molecule has 2 fully saturated rings. The molecule has 0 aromatic rings. The molecule has 0 aromatic carbocycles. The Kier molecular flexibility index (Phi) is 9.70. The number of likely N-dealkylation sites (tertiary alicyclic amines) is 2. The molecule has 0 aromatic heterocycles. The summed E-state index contributed by atoms with van der Waals surface area (Å²) in [6, 6.07) is 0. The van der Waals surface area contributed by atoms with E-state index in [2.05, 4.69) is 5.32 Å². The van der Waals surface area contributed by atoms with Crippen molar-refractivity contribution in [3.63, 3.8) is 0 Å². The average molecular weight is 468 g/mol. The van der Waals surface area contributed by atoms with Gasteiger partial charge in [0.1, 0.15) is 5.60 Å². The first-order valence-corrected chi connectivity index (χ1v) is 11.6. The molecule has 1 unspecified atom stereocenters. The number of aliphatic hydroxyl groups is 1. The zero-order valence-corrected chi connectivity index (χ0v) is 19.8. The number of aliphatic carboxylic acids is 1. The molecule has 0 bridgehead atoms. The molecule has 186 valence electrons. The van der Waals surface area contributed by atoms with Crippen molar-refractivity contribution in [1.82, 2.24) is 15.1 Å². The van der Waals surface area contributed by atoms with E-state index in [1.165, 1.54) is 0 Å². The van der Waals surface area contributed by atoms with E-state index in [0.717, 1.165) is 12.8 Å². The summed E-state index contributed by atoms with van der Waals surface area (Å²) < 4.78 is 5.40. The van der Waals surface area contributed by atoms with E-state index in [-0.39, 0.29) is 36.9 Å². The third-order valence-corrected chi connectivity index (χ3v) is 5.90. The molecule has 0 spiro atoms. The van der Waals surface area contributed by atoms with Crippen LogP contribution in [0.25, 0.3) is 0 Å². The van der Waals surface area contributed by atoms with Crippen molar-refractivity contribution in [2.75, 3.05) is 39.3 Å². The molecule has 2 aliphatic rings. The molecule has 0 aliphatic carbocycles. The Bertz CT molecular complexity index is 739. The van der Waals surface area contributed by atoms with Crippen LogP contribution in [0, 0.1) is 17.8 Å². The van der Waals surface area contributed by atoms with Gasteiger partial charge in [-0.25, -0.2) is 4.79 Å². The lowest BCUT2D eigenvalue weighted by Gasteiger charge is -2.33. The Morgan fingerprint density at radius 3 is 2.33 bits per heavy atom. The van der Waals surface area contributed by atoms with Gasteiger partial charge in [0.15, 0.2) is 0 Å². The molecular formula is C23H37N3O7. The number of carbonyl (C=O) groups is 4. The second-order valence-corrected chi connectivity index (χ2v) is 9.75. The zero-order valence-electron chi connectivity index (χ0n) is 19.8. The summed E-state index contributed by atoms with van der Waals surface area (Å²) in [7, 11) is 0. The zero-order chi connectivity index (χ0) is 24.6. The largest absolute Gasteiger partial charge is 0.481 e. The van der Waals surface area contributed by atoms with Crippen LogP contribution in [-0.2, 0) is 19.1 Å². The summed E-state index contributed by atoms with van der Waals surface area (Å²) in [5, 5.41) is 20.6. The molecule has 2 heterocycles. The minimum absolute atomic E-state index is 0.142. The van der Waals surface area contributed by atoms with Gasteiger partial charge in [-0.1, -0.05) is 6.08 Å². The minimum Gasteiger partial charge on any atom is -0.481 e. The van der Waals surface area contributed by atoms with Gasteiger partial charge in [0.2, 0.25) is 11.8 Å². The van der Waals surface area contributed by atoms with Gasteiger partial charge in [-0.3, -0.25) is 14.4 Å². The van der Waals surface area contributed by atoms with Gasteiger partial charge >= 0.3 is 12.1 Å². The maximum atomic E-state index is 12.7. The van der Waals surface area contributed by atoms with Crippen molar-refractivity contribution in [3.8, 4) is 0 Å². The molecule has 2 rings (SSSR count). The number of hydrogen-bond donors (Lipinski definition) is 3. The fourth-order valence-corrected chi connectivity index (χ4v) is 3.91. The molecular weight excluding hydrogens is 430 g/mol. The standard InChI is InChI=1S/C23H37N3O7/c1-23(2,3)33-22(32)25-11-8-16(9-12-25)6-7-19(28)26-10-4-5-17(14-26)20(29)24-13-18(15-27)21(30)31/h6-7,16-18,27H,4-5,8-15H2,1-3H3,(H,24,29)(H,30,31)/b7-6+/t17-,18?/m1/s1. The van der Waals surface area contributed by atoms with Crippen LogP contribution in [0.15, 0.2) is 12.2 Å². The van der Waals surface area contributed by atoms with Crippen LogP contribution < -0.4 is 5.32 Å². The SMILES string of the molecule is CC(C)(C)OC(=O)N1CCC(/C=C/C(=O)N2CCC[C@@H](C(=O)NCC(CO)C(=O)O)C2)CC1. The van der Waals surface area contributed by atoms with E-state index in [1.54, 1.807) is 15.9 Å². The Labute approximate surface area is 194 Å². The number of carboxylic acid groups (broad SMARTS) is 1. The van der Waals surface area contributed by atoms with Gasteiger partial charge in [-0.05, 0) is 58.4 Å². The van der Waals surface area contributed by atoms with Crippen LogP contribution in [0.3, 0.4) is 0 Å². The molecule has 10 heteroatoms. The quantitative estimate of drug-likeness (QED) is 0.479. The van der Waals surface area contributed by atoms with Crippen LogP contribution in [0.5, 0.6) is 0 Å². The predicted octanol–water partition coefficient (Wildman–Crippen LogP) is 1.24. The normalized spacial score (nSPS) is 21.0. The first kappa shape index (κ1) is 26.6. The van der Waals surface area contributed by atoms with E-state index in [1.807, 2.05) is 26.8 Å². The lowest BCUT2D eigenvalue weighted by atomic mass is 9.95. The summed E-state index contributed by atoms with van der Waals surface area (Å²) in [5.41, 5.74) is -0.528. The van der Waals surface area contributed by atoms with E-state index < -0.39 is 30.0 Å². The number of carboxylic acids is 1. The summed E-state index contributed by atoms with van der Waals surface area (Å²) in [6.07, 6.45) is 5.95. The maximum absolute atomic E-state index is 12.7. The highest BCUT2D eigenvalue weighted by Gasteiger charge is 2.29. The van der Waals surface area contributed by atoms with Gasteiger partial charge in [0, 0.05) is 32.7 Å². The van der Waals surface area contributed by atoms with Crippen molar-refractivity contribution in [2.24, 2.45) is 17.8 Å². The molecule has 10 nitrogen and oxygen atoms in total. The topological polar surface area (TPSA) is 136 Å². The number of carbonyl (C=O) groups excluding carboxylic acids is 3. The molecule has 0 radical (unpaired) electrons. The fraction of sp³-hybridized carbons (Fsp3) is 0.739. The highest BCUT2D eigenvalue weighted by molar-refractivity contribution is 5.88. The van der Waals surface area contributed by atoms with Gasteiger partial charge in [0.05, 0.1) is 18.4 Å². The summed E-state index contributed by atoms with van der Waals surface area (Å²) in [6.45, 7) is 6.82. The summed E-state index contributed by atoms with van der Waals surface area (Å²) in [4.78, 5) is 51.5. The van der Waals surface area contributed by atoms with Gasteiger partial charge in [-0.2, -0.15) is 0 Å². The monoisotopic (exact) mass is 467 g/mol. The fourth-order valence-electron chi connectivity index (χ4n) is 3.91. The number of amides is 3. The van der Waals surface area contributed by atoms with Crippen molar-refractivity contribution >= 4 is 23.9 Å². The lowest BCUT2D eigenvalue weighted by molar-refractivity contribution is -0.143. The summed E-state index contributed by atoms with van der Waals surface area (Å²) in [5.74, 6) is -2.86. The Morgan fingerprint density at radius 1 is 1.09 bits per heavy atom. The Hall–Kier alpha value is -2.62. The van der Waals surface area contributed by atoms with E-state index in [0.29, 0.717) is 32.5 Å². The second kappa shape index (κ2) is 12.0. The van der Waals surface area contributed by atoms with Crippen LogP contribution >= 0.6 is 0 Å². The van der Waals surface area contributed by atoms with Gasteiger partial charge in [-0.15, -0.1) is 0 Å². The average Bonchev–Trinajstić information content (AvgIpc) is 2.76. The van der Waals surface area contributed by atoms with Crippen LogP contribution in [-0.4, -0.2) is 88.8 Å². The first-order chi connectivity index (χ1) is 15.5. The Balaban J connectivity index is 1.79. The second-order valence-electron chi connectivity index (χ2n) is 9.75. The number of allylic oxidation sites excluding steroid dienone is 1. The predicted molar refractivity (Wildman–Crippen MR) is 120 cm³/mol. The Morgan fingerprint density at radius 2 is 1.76 bits per heavy atom. The molecule has 33 heavy (non-hydrogen) atoms. The first-order valence-electron chi connectivity index (χ1n) is 11.6. The van der Waals surface area contributed by atoms with Gasteiger partial charge < -0.3 is 30.1 Å². The van der Waals surface area contributed by atoms with E-state index in [9.17, 15) is 19.2 Å². The highest BCUT2D eigenvalue weighted by Crippen LogP contribution is 2.22. The molecule has 2 aliphatic heterocycles. The highest BCUT2D eigenvalue weighted by atomic mass is 16.6. The van der Waals surface area contributed by atoms with E-state index in [4.69, 9.17) is 14.9 Å². The van der Waals surface area contributed by atoms with Crippen molar-refractivity contribution in [2.45, 2.75) is 52.1 Å². The summed E-state index contributed by atoms with van der Waals surface area (Å²) >= 11 is 0. The van der Waals surface area contributed by atoms with E-state index >= 15 is 0 Å². The number of ether oxygens (including phenoxy) is 1. The third kappa shape index (κ3) is 8.68. The lowest BCUT2D eigenvalue weighted by Crippen LogP contribution is -2.46. The number of rotatable bonds is 7. The van der Waals surface area contributed by atoms with Crippen LogP contribution in [0.1, 0.15) is 46.5 Å². The number of aliphatic hydroxyl groups excluding tert-OH is 1. The smallest absolute Gasteiger partial charge is 0.410 e. The number of nitrogens with zero attached hydrogens (tertiary/aromatic N) is 2.